The molecule has 1 N–H and O–H groups in total. The maximum atomic E-state index is 12.9. The third-order valence-electron chi connectivity index (χ3n) is 5.81. The van der Waals surface area contributed by atoms with Gasteiger partial charge in [-0.25, -0.2) is 14.8 Å². The number of ketones is 1. The van der Waals surface area contributed by atoms with Crippen LogP contribution in [0.5, 0.6) is 0 Å². The molecule has 0 bridgehead atoms. The summed E-state index contributed by atoms with van der Waals surface area (Å²) in [5.74, 6) is -0.287. The number of aromatic nitrogens is 3. The van der Waals surface area contributed by atoms with Crippen LogP contribution in [0, 0.1) is 18.8 Å². The second kappa shape index (κ2) is 9.40. The maximum Gasteiger partial charge on any atom is 0.341 e. The van der Waals surface area contributed by atoms with E-state index in [2.05, 4.69) is 4.98 Å². The van der Waals surface area contributed by atoms with Crippen LogP contribution in [0.3, 0.4) is 0 Å². The Kier molecular flexibility index (Phi) is 6.57. The number of ether oxygens (including phenoxy) is 1. The van der Waals surface area contributed by atoms with Crippen LogP contribution in [0.4, 0.5) is 5.82 Å². The number of carbonyl (C=O) groups is 2. The fourth-order valence-electron chi connectivity index (χ4n) is 4.03. The van der Waals surface area contributed by atoms with Gasteiger partial charge in [-0.3, -0.25) is 14.2 Å². The van der Waals surface area contributed by atoms with E-state index in [0.29, 0.717) is 54.9 Å². The van der Waals surface area contributed by atoms with Gasteiger partial charge in [0.25, 0.3) is 0 Å². The molecule has 33 heavy (non-hydrogen) atoms. The summed E-state index contributed by atoms with van der Waals surface area (Å²) in [6.07, 6.45) is 3.38. The molecular formula is C23H26N4O5S. The minimum Gasteiger partial charge on any atom is -0.477 e. The summed E-state index contributed by atoms with van der Waals surface area (Å²) in [5.41, 5.74) is 0.0940. The molecule has 0 aromatic carbocycles. The molecule has 1 fully saturated rings. The molecule has 174 valence electrons. The molecule has 4 rings (SSSR count). The van der Waals surface area contributed by atoms with Crippen molar-refractivity contribution >= 4 is 39.9 Å². The van der Waals surface area contributed by atoms with Gasteiger partial charge in [0.2, 0.25) is 5.43 Å². The molecule has 0 saturated carbocycles. The van der Waals surface area contributed by atoms with E-state index in [9.17, 15) is 19.5 Å². The third-order valence-corrected chi connectivity index (χ3v) is 6.59. The fraction of sp³-hybridized carbons (Fsp3) is 0.435. The lowest BCUT2D eigenvalue weighted by Gasteiger charge is -2.39. The average molecular weight is 471 g/mol. The zero-order valence-electron chi connectivity index (χ0n) is 18.8. The summed E-state index contributed by atoms with van der Waals surface area (Å²) in [5, 5.41) is 12.1. The monoisotopic (exact) mass is 470 g/mol. The summed E-state index contributed by atoms with van der Waals surface area (Å²) in [4.78, 5) is 48.1. The van der Waals surface area contributed by atoms with Gasteiger partial charge in [0.1, 0.15) is 17.2 Å². The van der Waals surface area contributed by atoms with Crippen LogP contribution in [0.1, 0.15) is 36.2 Å². The van der Waals surface area contributed by atoms with Gasteiger partial charge in [0.15, 0.2) is 10.8 Å². The van der Waals surface area contributed by atoms with Gasteiger partial charge >= 0.3 is 5.97 Å². The van der Waals surface area contributed by atoms with Gasteiger partial charge in [-0.1, -0.05) is 6.92 Å². The Bertz CT molecular complexity index is 1250. The number of hydrogen-bond donors (Lipinski definition) is 1. The number of rotatable bonds is 9. The SMILES string of the molecule is CCOC[C@H](C)CC(=O)C1CN(c2cc(C)c3c(=O)c(C(=O)O)cn(-c4nccs4)c3n2)C1. The predicted octanol–water partition coefficient (Wildman–Crippen LogP) is 2.92. The maximum absolute atomic E-state index is 12.9. The van der Waals surface area contributed by atoms with E-state index in [1.54, 1.807) is 29.1 Å². The molecule has 9 nitrogen and oxygen atoms in total. The van der Waals surface area contributed by atoms with Crippen molar-refractivity contribution < 1.29 is 19.4 Å². The first kappa shape index (κ1) is 23.1. The molecule has 0 spiro atoms. The van der Waals surface area contributed by atoms with Crippen LogP contribution < -0.4 is 10.3 Å². The fourth-order valence-corrected chi connectivity index (χ4v) is 4.65. The summed E-state index contributed by atoms with van der Waals surface area (Å²) in [6, 6.07) is 1.78. The molecule has 10 heteroatoms. The Hall–Kier alpha value is -3.11. The van der Waals surface area contributed by atoms with Crippen LogP contribution in [0.25, 0.3) is 16.2 Å². The van der Waals surface area contributed by atoms with Gasteiger partial charge < -0.3 is 14.7 Å². The minimum atomic E-state index is -1.29. The summed E-state index contributed by atoms with van der Waals surface area (Å²) in [6.45, 7) is 8.07. The number of nitrogens with zero attached hydrogens (tertiary/aromatic N) is 4. The van der Waals surface area contributed by atoms with Crippen LogP contribution in [-0.2, 0) is 9.53 Å². The number of pyridine rings is 2. The van der Waals surface area contributed by atoms with Gasteiger partial charge in [-0.05, 0) is 31.4 Å². The van der Waals surface area contributed by atoms with Gasteiger partial charge in [-0.15, -0.1) is 11.3 Å². The highest BCUT2D eigenvalue weighted by atomic mass is 32.1. The largest absolute Gasteiger partial charge is 0.477 e. The first-order valence-electron chi connectivity index (χ1n) is 10.9. The first-order valence-corrected chi connectivity index (χ1v) is 11.7. The predicted molar refractivity (Wildman–Crippen MR) is 126 cm³/mol. The lowest BCUT2D eigenvalue weighted by molar-refractivity contribution is -0.124. The Morgan fingerprint density at radius 3 is 2.76 bits per heavy atom. The highest BCUT2D eigenvalue weighted by Crippen LogP contribution is 2.29. The van der Waals surface area contributed by atoms with Gasteiger partial charge in [-0.2, -0.15) is 0 Å². The zero-order valence-corrected chi connectivity index (χ0v) is 19.6. The van der Waals surface area contributed by atoms with E-state index in [-0.39, 0.29) is 28.6 Å². The van der Waals surface area contributed by atoms with Crippen LogP contribution in [0.15, 0.2) is 28.6 Å². The van der Waals surface area contributed by atoms with E-state index in [0.717, 1.165) is 0 Å². The van der Waals surface area contributed by atoms with Gasteiger partial charge in [0.05, 0.1) is 11.3 Å². The van der Waals surface area contributed by atoms with E-state index >= 15 is 0 Å². The molecule has 0 unspecified atom stereocenters. The van der Waals surface area contributed by atoms with Crippen molar-refractivity contribution in [3.05, 3.63) is 45.2 Å². The topological polar surface area (TPSA) is 115 Å². The van der Waals surface area contributed by atoms with Crippen molar-refractivity contribution in [3.8, 4) is 5.13 Å². The van der Waals surface area contributed by atoms with Crippen molar-refractivity contribution in [3.63, 3.8) is 0 Å². The van der Waals surface area contributed by atoms with Crippen molar-refractivity contribution in [2.24, 2.45) is 11.8 Å². The number of thiazole rings is 1. The molecule has 3 aromatic heterocycles. The van der Waals surface area contributed by atoms with E-state index in [1.807, 2.05) is 18.7 Å². The number of carboxylic acid groups (broad SMARTS) is 1. The lowest BCUT2D eigenvalue weighted by atomic mass is 9.89. The number of carboxylic acids is 1. The van der Waals surface area contributed by atoms with Crippen LogP contribution >= 0.6 is 11.3 Å². The summed E-state index contributed by atoms with van der Waals surface area (Å²) < 4.78 is 6.96. The molecule has 0 aliphatic carbocycles. The molecule has 1 atom stereocenters. The highest BCUT2D eigenvalue weighted by molar-refractivity contribution is 7.12. The lowest BCUT2D eigenvalue weighted by Crippen LogP contribution is -2.51. The molecule has 3 aromatic rings. The van der Waals surface area contributed by atoms with Crippen molar-refractivity contribution in [2.75, 3.05) is 31.2 Å². The summed E-state index contributed by atoms with van der Waals surface area (Å²) >= 11 is 1.32. The van der Waals surface area contributed by atoms with E-state index in [1.165, 1.54) is 17.5 Å². The Morgan fingerprint density at radius 1 is 1.36 bits per heavy atom. The Balaban J connectivity index is 1.63. The highest BCUT2D eigenvalue weighted by Gasteiger charge is 2.34. The summed E-state index contributed by atoms with van der Waals surface area (Å²) in [7, 11) is 0. The smallest absolute Gasteiger partial charge is 0.341 e. The Labute approximate surface area is 194 Å². The quantitative estimate of drug-likeness (QED) is 0.508. The number of Topliss-reactive ketones (excluding diaryl/α,β-unsaturated/α-hetero) is 1. The molecule has 1 aliphatic heterocycles. The average Bonchev–Trinajstić information content (AvgIpc) is 3.25. The van der Waals surface area contributed by atoms with Crippen molar-refractivity contribution in [1.82, 2.24) is 14.5 Å². The molecule has 4 heterocycles. The number of fused-ring (bicyclic) bond motifs is 1. The third kappa shape index (κ3) is 4.53. The molecule has 1 saturated heterocycles. The second-order valence-electron chi connectivity index (χ2n) is 8.39. The molecule has 0 radical (unpaired) electrons. The first-order chi connectivity index (χ1) is 15.8. The Morgan fingerprint density at radius 2 is 2.12 bits per heavy atom. The van der Waals surface area contributed by atoms with E-state index < -0.39 is 11.4 Å². The van der Waals surface area contributed by atoms with Crippen LogP contribution in [0.2, 0.25) is 0 Å². The van der Waals surface area contributed by atoms with Gasteiger partial charge in [0, 0.05) is 50.5 Å². The number of carbonyl (C=O) groups excluding carboxylic acids is 1. The number of anilines is 1. The van der Waals surface area contributed by atoms with Crippen molar-refractivity contribution in [2.45, 2.75) is 27.2 Å². The van der Waals surface area contributed by atoms with Crippen LogP contribution in [-0.4, -0.2) is 57.7 Å². The number of aromatic carboxylic acids is 1. The van der Waals surface area contributed by atoms with E-state index in [4.69, 9.17) is 9.72 Å². The normalized spacial score (nSPS) is 14.9. The molecule has 0 amide bonds. The zero-order chi connectivity index (χ0) is 23.7. The minimum absolute atomic E-state index is 0.0533. The number of hydrogen-bond acceptors (Lipinski definition) is 8. The van der Waals surface area contributed by atoms with Crippen molar-refractivity contribution in [1.29, 1.82) is 0 Å². The molecular weight excluding hydrogens is 444 g/mol. The number of aryl methyl sites for hydroxylation is 1. The second-order valence-corrected chi connectivity index (χ2v) is 9.27. The molecule has 1 aliphatic rings. The standard InChI is InChI=1S/C23H26N4O5S/c1-4-32-12-13(2)7-17(28)15-9-26(10-15)18-8-14(3)19-20(29)16(22(30)31)11-27(21(19)25-18)23-24-5-6-33-23/h5-6,8,11,13,15H,4,7,9-10,12H2,1-3H3,(H,30,31)/t13-/m1/s1.